The van der Waals surface area contributed by atoms with Gasteiger partial charge in [0.15, 0.2) is 0 Å². The van der Waals surface area contributed by atoms with Gasteiger partial charge in [0.1, 0.15) is 5.82 Å². The van der Waals surface area contributed by atoms with Crippen LogP contribution in [0.3, 0.4) is 0 Å². The SMILES string of the molecule is Cn1ncc(-c2ccc3[nH]c4c(c3c2)CCCC4)c1N. The number of nitrogen functional groups attached to an aromatic ring is 1. The molecule has 0 spiro atoms. The van der Waals surface area contributed by atoms with Gasteiger partial charge in [-0.05, 0) is 48.9 Å². The first-order valence-corrected chi connectivity index (χ1v) is 7.15. The van der Waals surface area contributed by atoms with Gasteiger partial charge in [-0.25, -0.2) is 0 Å². The topological polar surface area (TPSA) is 59.6 Å². The van der Waals surface area contributed by atoms with Crippen molar-refractivity contribution in [3.63, 3.8) is 0 Å². The summed E-state index contributed by atoms with van der Waals surface area (Å²) in [4.78, 5) is 3.56. The van der Waals surface area contributed by atoms with Gasteiger partial charge in [0.2, 0.25) is 0 Å². The summed E-state index contributed by atoms with van der Waals surface area (Å²) in [5.41, 5.74) is 12.4. The molecule has 2 heterocycles. The Morgan fingerprint density at radius 3 is 2.90 bits per heavy atom. The second-order valence-electron chi connectivity index (χ2n) is 5.62. The van der Waals surface area contributed by atoms with Gasteiger partial charge < -0.3 is 10.7 Å². The van der Waals surface area contributed by atoms with Crippen LogP contribution in [0, 0.1) is 0 Å². The van der Waals surface area contributed by atoms with E-state index in [2.05, 4.69) is 28.3 Å². The number of rotatable bonds is 1. The first-order chi connectivity index (χ1) is 9.74. The molecular formula is C16H18N4. The van der Waals surface area contributed by atoms with E-state index >= 15 is 0 Å². The number of nitrogens with one attached hydrogen (secondary N) is 1. The number of H-pyrrole nitrogens is 1. The molecular weight excluding hydrogens is 248 g/mol. The average molecular weight is 266 g/mol. The van der Waals surface area contributed by atoms with Crippen molar-refractivity contribution in [3.05, 3.63) is 35.7 Å². The summed E-state index contributed by atoms with van der Waals surface area (Å²) in [7, 11) is 1.87. The van der Waals surface area contributed by atoms with Gasteiger partial charge in [0.25, 0.3) is 0 Å². The van der Waals surface area contributed by atoms with Crippen LogP contribution in [0.2, 0.25) is 0 Å². The maximum atomic E-state index is 6.08. The molecule has 0 bridgehead atoms. The highest BCUT2D eigenvalue weighted by Gasteiger charge is 2.16. The Kier molecular flexibility index (Phi) is 2.39. The summed E-state index contributed by atoms with van der Waals surface area (Å²) < 4.78 is 1.71. The van der Waals surface area contributed by atoms with Crippen LogP contribution in [0.1, 0.15) is 24.1 Å². The standard InChI is InChI=1S/C16H18N4/c1-20-16(17)13(9-18-20)10-6-7-15-12(8-10)11-4-2-3-5-14(11)19-15/h6-9,19H,2-5,17H2,1H3. The van der Waals surface area contributed by atoms with E-state index < -0.39 is 0 Å². The molecule has 0 atom stereocenters. The van der Waals surface area contributed by atoms with Crippen LogP contribution in [-0.4, -0.2) is 14.8 Å². The van der Waals surface area contributed by atoms with Gasteiger partial charge in [-0.1, -0.05) is 6.07 Å². The van der Waals surface area contributed by atoms with Gasteiger partial charge in [-0.3, -0.25) is 4.68 Å². The second-order valence-corrected chi connectivity index (χ2v) is 5.62. The van der Waals surface area contributed by atoms with Crippen molar-refractivity contribution < 1.29 is 0 Å². The number of nitrogens with two attached hydrogens (primary N) is 1. The zero-order valence-electron chi connectivity index (χ0n) is 11.6. The van der Waals surface area contributed by atoms with Crippen molar-refractivity contribution in [2.45, 2.75) is 25.7 Å². The molecule has 1 aliphatic rings. The first kappa shape index (κ1) is 11.6. The quantitative estimate of drug-likeness (QED) is 0.711. The van der Waals surface area contributed by atoms with Crippen LogP contribution in [0.15, 0.2) is 24.4 Å². The van der Waals surface area contributed by atoms with Gasteiger partial charge >= 0.3 is 0 Å². The van der Waals surface area contributed by atoms with Crippen molar-refractivity contribution >= 4 is 16.7 Å². The third kappa shape index (κ3) is 1.57. The summed E-state index contributed by atoms with van der Waals surface area (Å²) in [6.07, 6.45) is 6.78. The second kappa shape index (κ2) is 4.13. The fourth-order valence-corrected chi connectivity index (χ4v) is 3.24. The molecule has 2 aromatic heterocycles. The summed E-state index contributed by atoms with van der Waals surface area (Å²) >= 11 is 0. The predicted molar refractivity (Wildman–Crippen MR) is 81.6 cm³/mol. The maximum absolute atomic E-state index is 6.08. The number of nitrogens with zero attached hydrogens (tertiary/aromatic N) is 2. The van der Waals surface area contributed by atoms with Crippen LogP contribution in [0.5, 0.6) is 0 Å². The molecule has 0 aliphatic heterocycles. The Balaban J connectivity index is 1.92. The van der Waals surface area contributed by atoms with E-state index in [0.29, 0.717) is 5.82 Å². The van der Waals surface area contributed by atoms with Crippen molar-refractivity contribution in [1.29, 1.82) is 0 Å². The number of aryl methyl sites for hydroxylation is 3. The fourth-order valence-electron chi connectivity index (χ4n) is 3.24. The monoisotopic (exact) mass is 266 g/mol. The number of anilines is 1. The lowest BCUT2D eigenvalue weighted by molar-refractivity contribution is 0.680. The molecule has 0 fully saturated rings. The highest BCUT2D eigenvalue weighted by Crippen LogP contribution is 2.33. The summed E-state index contributed by atoms with van der Waals surface area (Å²) in [6, 6.07) is 6.54. The molecule has 4 nitrogen and oxygen atoms in total. The molecule has 3 aromatic rings. The van der Waals surface area contributed by atoms with Gasteiger partial charge in [0.05, 0.1) is 6.20 Å². The lowest BCUT2D eigenvalue weighted by Crippen LogP contribution is -2.00. The highest BCUT2D eigenvalue weighted by molar-refractivity contribution is 5.90. The van der Waals surface area contributed by atoms with E-state index in [9.17, 15) is 0 Å². The Labute approximate surface area is 117 Å². The predicted octanol–water partition coefficient (Wildman–Crippen LogP) is 3.03. The molecule has 1 aromatic carbocycles. The van der Waals surface area contributed by atoms with E-state index in [-0.39, 0.29) is 0 Å². The Morgan fingerprint density at radius 2 is 2.10 bits per heavy atom. The minimum absolute atomic E-state index is 0.716. The van der Waals surface area contributed by atoms with Gasteiger partial charge in [-0.2, -0.15) is 5.10 Å². The first-order valence-electron chi connectivity index (χ1n) is 7.15. The van der Waals surface area contributed by atoms with Crippen LogP contribution in [0.25, 0.3) is 22.0 Å². The Hall–Kier alpha value is -2.23. The van der Waals surface area contributed by atoms with Crippen LogP contribution in [0.4, 0.5) is 5.82 Å². The van der Waals surface area contributed by atoms with E-state index in [4.69, 9.17) is 5.73 Å². The van der Waals surface area contributed by atoms with Gasteiger partial charge in [0, 0.05) is 29.2 Å². The highest BCUT2D eigenvalue weighted by atomic mass is 15.3. The smallest absolute Gasteiger partial charge is 0.129 e. The number of hydrogen-bond donors (Lipinski definition) is 2. The molecule has 0 saturated heterocycles. The third-order valence-electron chi connectivity index (χ3n) is 4.39. The lowest BCUT2D eigenvalue weighted by atomic mass is 9.94. The largest absolute Gasteiger partial charge is 0.383 e. The molecule has 4 heteroatoms. The molecule has 3 N–H and O–H groups in total. The summed E-state index contributed by atoms with van der Waals surface area (Å²) in [6.45, 7) is 0. The average Bonchev–Trinajstić information content (AvgIpc) is 3.00. The van der Waals surface area contributed by atoms with Gasteiger partial charge in [-0.15, -0.1) is 0 Å². The summed E-state index contributed by atoms with van der Waals surface area (Å²) in [5, 5.41) is 5.58. The fraction of sp³-hybridized carbons (Fsp3) is 0.312. The minimum Gasteiger partial charge on any atom is -0.383 e. The molecule has 0 unspecified atom stereocenters. The molecule has 0 saturated carbocycles. The zero-order chi connectivity index (χ0) is 13.7. The number of aromatic amines is 1. The number of fused-ring (bicyclic) bond motifs is 3. The Morgan fingerprint density at radius 1 is 1.25 bits per heavy atom. The van der Waals surface area contributed by atoms with Crippen molar-refractivity contribution in [2.24, 2.45) is 7.05 Å². The molecule has 0 amide bonds. The normalized spacial score (nSPS) is 14.7. The van der Waals surface area contributed by atoms with Crippen LogP contribution >= 0.6 is 0 Å². The van der Waals surface area contributed by atoms with E-state index in [1.54, 1.807) is 4.68 Å². The summed E-state index contributed by atoms with van der Waals surface area (Å²) in [5.74, 6) is 0.716. The number of aromatic nitrogens is 3. The lowest BCUT2D eigenvalue weighted by Gasteiger charge is -2.10. The number of hydrogen-bond acceptors (Lipinski definition) is 2. The molecule has 20 heavy (non-hydrogen) atoms. The van der Waals surface area contributed by atoms with E-state index in [1.165, 1.54) is 47.8 Å². The molecule has 4 rings (SSSR count). The van der Waals surface area contributed by atoms with Crippen molar-refractivity contribution in [1.82, 2.24) is 14.8 Å². The number of benzene rings is 1. The minimum atomic E-state index is 0.716. The molecule has 0 radical (unpaired) electrons. The molecule has 102 valence electrons. The van der Waals surface area contributed by atoms with E-state index in [0.717, 1.165) is 11.1 Å². The third-order valence-corrected chi connectivity index (χ3v) is 4.39. The van der Waals surface area contributed by atoms with Crippen molar-refractivity contribution in [2.75, 3.05) is 5.73 Å². The van der Waals surface area contributed by atoms with Crippen molar-refractivity contribution in [3.8, 4) is 11.1 Å². The zero-order valence-corrected chi connectivity index (χ0v) is 11.6. The van der Waals surface area contributed by atoms with Crippen LogP contribution in [-0.2, 0) is 19.9 Å². The maximum Gasteiger partial charge on any atom is 0.129 e. The van der Waals surface area contributed by atoms with E-state index in [1.807, 2.05) is 13.2 Å². The Bertz CT molecular complexity index is 794. The van der Waals surface area contributed by atoms with Crippen LogP contribution < -0.4 is 5.73 Å². The molecule has 1 aliphatic carbocycles.